The van der Waals surface area contributed by atoms with Crippen molar-refractivity contribution >= 4 is 153 Å². The van der Waals surface area contributed by atoms with Gasteiger partial charge in [0.2, 0.25) is 94.5 Å². The average Bonchev–Trinajstić information content (AvgIpc) is 1.70. The SMILES string of the molecule is CC(C)C[C@H](NC(=O)[C@@H]1CCCN1C(=O)[C@H](C)NC(=O)[C@H](Cc1c[nH]c2ccccc12)NC(=O)[C@H](CCC(=O)O)NC(=O)[C@@H](NC(=O)[C@H](C)NC(=O)[C@H](Cc1c[nH]c2ccccc12)NC(=O)[C@H](CCCCN)NC(=O)[C@@H](NC(=O)CN)[C@@H](C)O)[C@@H](C)O)C(=O)N[C@H](C(=O)N[C@@H](C)C(=O)N[C@@H](CCC(=O)O)C(=O)N[C@@H](C)C(=O)N[C@@H](CCC(=O)O)C(=O)N[C@@H](CS)C(=O)O)[C@@H](C)O. The molecule has 16 amide bonds. The number of carboxylic acids is 4. The summed E-state index contributed by atoms with van der Waals surface area (Å²) in [6.45, 7) is 11.0. The summed E-state index contributed by atoms with van der Waals surface area (Å²) >= 11 is 3.87. The number of thiol groups is 1. The van der Waals surface area contributed by atoms with E-state index in [1.165, 1.54) is 27.0 Å². The summed E-state index contributed by atoms with van der Waals surface area (Å²) in [5, 5.41) is 108. The van der Waals surface area contributed by atoms with Crippen molar-refractivity contribution in [3.63, 3.8) is 0 Å². The lowest BCUT2D eigenvalue weighted by Gasteiger charge is -2.30. The number of aliphatic carboxylic acids is 4. The van der Waals surface area contributed by atoms with Crippen LogP contribution in [0.15, 0.2) is 60.9 Å². The molecule has 28 N–H and O–H groups in total. The number of unbranched alkanes of at least 4 members (excludes halogenated alkanes) is 1. The summed E-state index contributed by atoms with van der Waals surface area (Å²) in [5.41, 5.74) is 13.4. The van der Waals surface area contributed by atoms with E-state index in [-0.39, 0.29) is 64.0 Å². The zero-order chi connectivity index (χ0) is 98.0. The number of hydrogen-bond donors (Lipinski definition) is 27. The molecule has 2 aromatic carbocycles. The molecule has 2 aromatic heterocycles. The molecule has 4 aromatic rings. The molecule has 131 heavy (non-hydrogen) atoms. The van der Waals surface area contributed by atoms with Gasteiger partial charge in [-0.25, -0.2) is 4.79 Å². The van der Waals surface area contributed by atoms with Crippen LogP contribution in [0.3, 0.4) is 0 Å². The van der Waals surface area contributed by atoms with E-state index >= 15 is 0 Å². The highest BCUT2D eigenvalue weighted by molar-refractivity contribution is 7.80. The number of likely N-dealkylation sites (tertiary alicyclic amines) is 1. The summed E-state index contributed by atoms with van der Waals surface area (Å²) in [5.74, 6) is -23.2. The van der Waals surface area contributed by atoms with Crippen LogP contribution in [0.25, 0.3) is 21.8 Å². The minimum atomic E-state index is -1.97. The first-order valence-electron chi connectivity index (χ1n) is 42.6. The summed E-state index contributed by atoms with van der Waals surface area (Å²) in [6, 6.07) is -12.2. The Morgan fingerprint density at radius 1 is 0.405 bits per heavy atom. The molecular formula is C83H122N20O27S. The predicted molar refractivity (Wildman–Crippen MR) is 469 cm³/mol. The van der Waals surface area contributed by atoms with Crippen LogP contribution in [0.1, 0.15) is 150 Å². The minimum Gasteiger partial charge on any atom is -0.481 e. The minimum absolute atomic E-state index is 0.0101. The van der Waals surface area contributed by atoms with Crippen molar-refractivity contribution in [2.75, 3.05) is 25.4 Å². The topological polar surface area (TPSA) is 750 Å². The van der Waals surface area contributed by atoms with Gasteiger partial charge in [-0.2, -0.15) is 12.6 Å². The van der Waals surface area contributed by atoms with Crippen LogP contribution in [0.5, 0.6) is 0 Å². The van der Waals surface area contributed by atoms with Crippen LogP contribution in [-0.2, 0) is 109 Å². The number of aromatic nitrogens is 2. The van der Waals surface area contributed by atoms with E-state index in [4.69, 9.17) is 11.5 Å². The third-order valence-electron chi connectivity index (χ3n) is 21.2. The molecular weight excluding hydrogens is 1740 g/mol. The zero-order valence-electron chi connectivity index (χ0n) is 73.9. The second-order valence-corrected chi connectivity index (χ2v) is 32.8. The molecule has 47 nitrogen and oxygen atoms in total. The number of hydrogen-bond acceptors (Lipinski definition) is 26. The third-order valence-corrected chi connectivity index (χ3v) is 21.6. The van der Waals surface area contributed by atoms with Gasteiger partial charge in [-0.05, 0) is 142 Å². The predicted octanol–water partition coefficient (Wildman–Crippen LogP) is -6.34. The number of aliphatic hydroxyl groups excluding tert-OH is 3. The van der Waals surface area contributed by atoms with Crippen molar-refractivity contribution in [2.24, 2.45) is 17.4 Å². The first kappa shape index (κ1) is 109. The van der Waals surface area contributed by atoms with Crippen LogP contribution in [0, 0.1) is 5.92 Å². The summed E-state index contributed by atoms with van der Waals surface area (Å²) in [7, 11) is 0. The molecule has 3 heterocycles. The van der Waals surface area contributed by atoms with E-state index < -0.39 is 284 Å². The van der Waals surface area contributed by atoms with Crippen molar-refractivity contribution in [3.05, 3.63) is 72.1 Å². The lowest BCUT2D eigenvalue weighted by atomic mass is 10.0. The molecule has 0 spiro atoms. The lowest BCUT2D eigenvalue weighted by molar-refractivity contribution is -0.142. The summed E-state index contributed by atoms with van der Waals surface area (Å²) < 4.78 is 0. The Hall–Kier alpha value is -12.9. The van der Waals surface area contributed by atoms with Gasteiger partial charge in [0.05, 0.1) is 24.9 Å². The molecule has 48 heteroatoms. The number of benzene rings is 2. The molecule has 0 saturated carbocycles. The second-order valence-electron chi connectivity index (χ2n) is 32.4. The number of nitrogens with zero attached hydrogens (tertiary/aromatic N) is 1. The van der Waals surface area contributed by atoms with Crippen molar-refractivity contribution in [1.29, 1.82) is 0 Å². The maximum atomic E-state index is 14.8. The Kier molecular flexibility index (Phi) is 43.6. The molecule has 1 aliphatic heterocycles. The molecule has 1 saturated heterocycles. The van der Waals surface area contributed by atoms with Crippen LogP contribution >= 0.6 is 12.6 Å². The molecule has 0 unspecified atom stereocenters. The number of carbonyl (C=O) groups is 20. The fourth-order valence-corrected chi connectivity index (χ4v) is 14.2. The molecule has 1 aliphatic rings. The van der Waals surface area contributed by atoms with Crippen LogP contribution in [-0.4, -0.2) is 309 Å². The number of H-pyrrole nitrogens is 2. The summed E-state index contributed by atoms with van der Waals surface area (Å²) in [6.07, 6.45) is -5.75. The van der Waals surface area contributed by atoms with Gasteiger partial charge in [-0.15, -0.1) is 0 Å². The quantitative estimate of drug-likeness (QED) is 0.0144. The third kappa shape index (κ3) is 34.1. The Morgan fingerprint density at radius 3 is 1.15 bits per heavy atom. The normalized spacial score (nSPS) is 16.6. The Balaban J connectivity index is 1.31. The molecule has 1 fully saturated rings. The number of aromatic amines is 2. The van der Waals surface area contributed by atoms with Gasteiger partial charge in [-0.3, -0.25) is 91.1 Å². The van der Waals surface area contributed by atoms with Gasteiger partial charge in [0.25, 0.3) is 0 Å². The highest BCUT2D eigenvalue weighted by atomic mass is 32.1. The van der Waals surface area contributed by atoms with Gasteiger partial charge in [0.15, 0.2) is 0 Å². The Morgan fingerprint density at radius 2 is 0.748 bits per heavy atom. The van der Waals surface area contributed by atoms with Gasteiger partial charge in [-0.1, -0.05) is 50.2 Å². The first-order valence-corrected chi connectivity index (χ1v) is 43.2. The van der Waals surface area contributed by atoms with Gasteiger partial charge in [0, 0.05) is 78.6 Å². The number of nitrogens with one attached hydrogen (secondary N) is 17. The number of aliphatic hydroxyl groups is 3. The average molecular weight is 1860 g/mol. The number of para-hydroxylation sites is 2. The van der Waals surface area contributed by atoms with E-state index in [0.717, 1.165) is 32.6 Å². The fraction of sp³-hybridized carbons (Fsp3) is 0.566. The number of rotatable bonds is 55. The molecule has 0 radical (unpaired) electrons. The Bertz CT molecular complexity index is 4730. The number of fused-ring (bicyclic) bond motifs is 2. The highest BCUT2D eigenvalue weighted by Crippen LogP contribution is 2.24. The number of amides is 16. The maximum absolute atomic E-state index is 14.8. The van der Waals surface area contributed by atoms with E-state index in [9.17, 15) is 132 Å². The van der Waals surface area contributed by atoms with E-state index in [2.05, 4.69) is 102 Å². The lowest BCUT2D eigenvalue weighted by Crippen LogP contribution is -2.62. The summed E-state index contributed by atoms with van der Waals surface area (Å²) in [4.78, 5) is 278. The molecule has 5 rings (SSSR count). The van der Waals surface area contributed by atoms with Crippen molar-refractivity contribution < 1.29 is 132 Å². The smallest absolute Gasteiger partial charge is 0.327 e. The second kappa shape index (κ2) is 52.7. The highest BCUT2D eigenvalue weighted by Gasteiger charge is 2.43. The number of carboxylic acid groups (broad SMARTS) is 4. The molecule has 0 aliphatic carbocycles. The first-order chi connectivity index (χ1) is 61.7. The Labute approximate surface area is 757 Å². The van der Waals surface area contributed by atoms with Crippen LogP contribution in [0.4, 0.5) is 0 Å². The van der Waals surface area contributed by atoms with E-state index in [0.29, 0.717) is 39.4 Å². The zero-order valence-corrected chi connectivity index (χ0v) is 74.8. The number of nitrogens with two attached hydrogens (primary N) is 2. The van der Waals surface area contributed by atoms with Crippen LogP contribution < -0.4 is 91.2 Å². The number of carbonyl (C=O) groups excluding carboxylic acids is 16. The van der Waals surface area contributed by atoms with E-state index in [1.807, 2.05) is 0 Å². The van der Waals surface area contributed by atoms with Crippen molar-refractivity contribution in [1.82, 2.24) is 94.6 Å². The van der Waals surface area contributed by atoms with Gasteiger partial charge >= 0.3 is 23.9 Å². The standard InChI is InChI=1S/C83H122N20O27S/c1-38(2)31-56(77(123)102-66(44(8)105)79(125)90-40(4)69(115)92-53(23-26-62(108)109)71(117)88-39(3)68(114)93-54(24-27-63(110)111)74(120)99-59(37-131)83(129)130)98-78(124)60-22-16-30-103(60)82(128)42(6)91-76(122)58(33-47-36-87-51-20-13-11-18-49(47)51)97-73(119)55(25-28-64(112)113)95-81(127)67(45(9)106)101-70(116)41(5)89-75(121)57(32-46-35-86-50-19-12-10-17-48(46)50)96-72(118)52(21-14-15-29-84)94-80(126)65(43(7)104)100-61(107)34-85/h10-13,17-20,35-36,38-45,52-60,65-67,86-87,104-106,131H,14-16,21-34,37,84-85H2,1-9H3,(H,88,117)(H,89,121)(H,90,125)(H,91,122)(H,92,115)(H,93,114)(H,94,126)(H,95,127)(H,96,118)(H,97,119)(H,98,124)(H,99,120)(H,100,107)(H,101,116)(H,102,123)(H,108,109)(H,110,111)(H,112,113)(H,129,130)/t39-,40-,41-,42-,43+,44+,45+,52-,53-,54-,55-,56-,57-,58-,59-,60-,65-,66-,67-/m0/s1. The maximum Gasteiger partial charge on any atom is 0.327 e. The van der Waals surface area contributed by atoms with Gasteiger partial charge in [0.1, 0.15) is 96.7 Å². The largest absolute Gasteiger partial charge is 0.481 e. The van der Waals surface area contributed by atoms with Crippen molar-refractivity contribution in [2.45, 2.75) is 267 Å². The van der Waals surface area contributed by atoms with Gasteiger partial charge < -0.3 is 142 Å². The fourth-order valence-electron chi connectivity index (χ4n) is 14.0. The monoisotopic (exact) mass is 1860 g/mol. The van der Waals surface area contributed by atoms with Crippen LogP contribution in [0.2, 0.25) is 0 Å². The molecule has 19 atom stereocenters. The van der Waals surface area contributed by atoms with Crippen molar-refractivity contribution in [3.8, 4) is 0 Å². The van der Waals surface area contributed by atoms with E-state index in [1.54, 1.807) is 68.6 Å². The molecule has 0 bridgehead atoms. The molecule has 722 valence electrons.